The van der Waals surface area contributed by atoms with Crippen molar-refractivity contribution in [2.24, 2.45) is 11.8 Å². The lowest BCUT2D eigenvalue weighted by Crippen LogP contribution is -2.31. The van der Waals surface area contributed by atoms with Gasteiger partial charge in [0.2, 0.25) is 11.8 Å². The minimum absolute atomic E-state index is 0.0611. The largest absolute Gasteiger partial charge is 0.274 e. The number of rotatable bonds is 3. The number of fused-ring (bicyclic) bond motifs is 1. The summed E-state index contributed by atoms with van der Waals surface area (Å²) in [5.74, 6) is 0.0904. The van der Waals surface area contributed by atoms with Crippen molar-refractivity contribution in [3.63, 3.8) is 0 Å². The Labute approximate surface area is 141 Å². The van der Waals surface area contributed by atoms with Crippen LogP contribution in [0.1, 0.15) is 36.9 Å². The Morgan fingerprint density at radius 1 is 1.04 bits per heavy atom. The fourth-order valence-electron chi connectivity index (χ4n) is 3.91. The van der Waals surface area contributed by atoms with E-state index in [1.165, 1.54) is 4.90 Å². The molecule has 0 radical (unpaired) electrons. The van der Waals surface area contributed by atoms with E-state index in [2.05, 4.69) is 5.10 Å². The quantitative estimate of drug-likeness (QED) is 0.816. The van der Waals surface area contributed by atoms with Crippen LogP contribution in [-0.2, 0) is 16.1 Å². The molecule has 4 rings (SSSR count). The zero-order chi connectivity index (χ0) is 16.7. The predicted octanol–water partition coefficient (Wildman–Crippen LogP) is 2.92. The maximum Gasteiger partial charge on any atom is 0.238 e. The highest BCUT2D eigenvalue weighted by Crippen LogP contribution is 2.39. The van der Waals surface area contributed by atoms with Crippen LogP contribution in [0.4, 0.5) is 5.82 Å². The molecule has 5 heteroatoms. The van der Waals surface area contributed by atoms with Crippen LogP contribution in [0, 0.1) is 18.8 Å². The molecule has 0 bridgehead atoms. The van der Waals surface area contributed by atoms with Crippen LogP contribution in [0.3, 0.4) is 0 Å². The minimum atomic E-state index is -0.133. The summed E-state index contributed by atoms with van der Waals surface area (Å²) in [6.45, 7) is 2.59. The smallest absolute Gasteiger partial charge is 0.238 e. The van der Waals surface area contributed by atoms with Crippen molar-refractivity contribution < 1.29 is 9.59 Å². The third-order valence-corrected chi connectivity index (χ3v) is 5.21. The second-order valence-corrected chi connectivity index (χ2v) is 6.80. The van der Waals surface area contributed by atoms with E-state index in [1.807, 2.05) is 48.0 Å². The second-order valence-electron chi connectivity index (χ2n) is 6.80. The summed E-state index contributed by atoms with van der Waals surface area (Å²) in [6, 6.07) is 11.9. The first kappa shape index (κ1) is 15.1. The summed E-state index contributed by atoms with van der Waals surface area (Å²) in [7, 11) is 0. The molecule has 0 spiro atoms. The lowest BCUT2D eigenvalue weighted by molar-refractivity contribution is -0.122. The van der Waals surface area contributed by atoms with Crippen LogP contribution in [0.5, 0.6) is 0 Å². The maximum atomic E-state index is 12.7. The lowest BCUT2D eigenvalue weighted by Gasteiger charge is -2.19. The first-order chi connectivity index (χ1) is 11.6. The van der Waals surface area contributed by atoms with Crippen LogP contribution < -0.4 is 4.90 Å². The lowest BCUT2D eigenvalue weighted by atomic mass is 9.81. The molecule has 1 saturated heterocycles. The molecule has 2 fully saturated rings. The van der Waals surface area contributed by atoms with E-state index >= 15 is 0 Å². The van der Waals surface area contributed by atoms with Crippen LogP contribution >= 0.6 is 0 Å². The molecule has 0 unspecified atom stereocenters. The molecule has 2 aromatic rings. The predicted molar refractivity (Wildman–Crippen MR) is 90.4 cm³/mol. The summed E-state index contributed by atoms with van der Waals surface area (Å²) in [4.78, 5) is 26.7. The van der Waals surface area contributed by atoms with E-state index in [0.717, 1.165) is 36.9 Å². The molecular formula is C19H21N3O2. The van der Waals surface area contributed by atoms with Gasteiger partial charge in [0, 0.05) is 11.8 Å². The number of aryl methyl sites for hydroxylation is 1. The molecule has 2 heterocycles. The number of amides is 2. The van der Waals surface area contributed by atoms with Crippen molar-refractivity contribution in [2.45, 2.75) is 39.2 Å². The molecule has 1 aliphatic carbocycles. The molecule has 2 atom stereocenters. The van der Waals surface area contributed by atoms with E-state index in [-0.39, 0.29) is 23.7 Å². The zero-order valence-electron chi connectivity index (χ0n) is 13.8. The highest BCUT2D eigenvalue weighted by atomic mass is 16.2. The summed E-state index contributed by atoms with van der Waals surface area (Å²) < 4.78 is 1.85. The van der Waals surface area contributed by atoms with Gasteiger partial charge in [-0.05, 0) is 25.3 Å². The third kappa shape index (κ3) is 2.44. The highest BCUT2D eigenvalue weighted by molar-refractivity contribution is 6.21. The van der Waals surface area contributed by atoms with Gasteiger partial charge in [0.25, 0.3) is 0 Å². The number of hydrogen-bond acceptors (Lipinski definition) is 3. The molecule has 2 amide bonds. The molecule has 24 heavy (non-hydrogen) atoms. The first-order valence-electron chi connectivity index (χ1n) is 8.61. The monoisotopic (exact) mass is 323 g/mol. The van der Waals surface area contributed by atoms with Crippen LogP contribution in [0.2, 0.25) is 0 Å². The number of aromatic nitrogens is 2. The van der Waals surface area contributed by atoms with Gasteiger partial charge in [0.15, 0.2) is 5.82 Å². The maximum absolute atomic E-state index is 12.7. The van der Waals surface area contributed by atoms with Gasteiger partial charge < -0.3 is 0 Å². The normalized spacial score (nSPS) is 23.6. The Hall–Kier alpha value is -2.43. The van der Waals surface area contributed by atoms with Gasteiger partial charge in [0.1, 0.15) is 0 Å². The summed E-state index contributed by atoms with van der Waals surface area (Å²) in [6.07, 6.45) is 3.73. The summed E-state index contributed by atoms with van der Waals surface area (Å²) >= 11 is 0. The van der Waals surface area contributed by atoms with E-state index in [0.29, 0.717) is 12.4 Å². The van der Waals surface area contributed by atoms with E-state index in [4.69, 9.17) is 0 Å². The van der Waals surface area contributed by atoms with Gasteiger partial charge in [-0.1, -0.05) is 43.2 Å². The standard InChI is InChI=1S/C19H21N3O2/c1-13-11-17(20-21(13)12-14-7-3-2-4-8-14)22-18(23)15-9-5-6-10-16(15)19(22)24/h2-4,7-8,11,15-16H,5-6,9-10,12H2,1H3/t15-,16+. The number of carbonyl (C=O) groups is 2. The summed E-state index contributed by atoms with van der Waals surface area (Å²) in [5, 5.41) is 4.55. The number of anilines is 1. The molecule has 124 valence electrons. The Bertz CT molecular complexity index is 757. The number of hydrogen-bond donors (Lipinski definition) is 0. The van der Waals surface area contributed by atoms with Crippen molar-refractivity contribution in [2.75, 3.05) is 4.90 Å². The topological polar surface area (TPSA) is 55.2 Å². The average molecular weight is 323 g/mol. The molecule has 0 N–H and O–H groups in total. The number of carbonyl (C=O) groups excluding carboxylic acids is 2. The van der Waals surface area contributed by atoms with Crippen molar-refractivity contribution in [3.05, 3.63) is 47.7 Å². The average Bonchev–Trinajstić information content (AvgIpc) is 3.07. The van der Waals surface area contributed by atoms with E-state index < -0.39 is 0 Å². The van der Waals surface area contributed by atoms with E-state index in [1.54, 1.807) is 0 Å². The van der Waals surface area contributed by atoms with Crippen LogP contribution in [-0.4, -0.2) is 21.6 Å². The van der Waals surface area contributed by atoms with Crippen molar-refractivity contribution >= 4 is 17.6 Å². The van der Waals surface area contributed by atoms with Gasteiger partial charge in [-0.2, -0.15) is 5.10 Å². The molecule has 1 aliphatic heterocycles. The van der Waals surface area contributed by atoms with Crippen LogP contribution in [0.15, 0.2) is 36.4 Å². The molecular weight excluding hydrogens is 302 g/mol. The van der Waals surface area contributed by atoms with Gasteiger partial charge in [-0.15, -0.1) is 0 Å². The molecule has 1 saturated carbocycles. The molecule has 1 aromatic carbocycles. The number of benzene rings is 1. The third-order valence-electron chi connectivity index (χ3n) is 5.21. The van der Waals surface area contributed by atoms with Crippen molar-refractivity contribution in [1.82, 2.24) is 9.78 Å². The van der Waals surface area contributed by atoms with Gasteiger partial charge in [0.05, 0.1) is 18.4 Å². The fraction of sp³-hybridized carbons (Fsp3) is 0.421. The number of imide groups is 1. The second kappa shape index (κ2) is 5.89. The van der Waals surface area contributed by atoms with Gasteiger partial charge in [-0.3, -0.25) is 14.3 Å². The first-order valence-corrected chi connectivity index (χ1v) is 8.61. The fourth-order valence-corrected chi connectivity index (χ4v) is 3.91. The molecule has 5 nitrogen and oxygen atoms in total. The van der Waals surface area contributed by atoms with Crippen LogP contribution in [0.25, 0.3) is 0 Å². The van der Waals surface area contributed by atoms with Gasteiger partial charge >= 0.3 is 0 Å². The van der Waals surface area contributed by atoms with E-state index in [9.17, 15) is 9.59 Å². The van der Waals surface area contributed by atoms with Crippen molar-refractivity contribution in [3.8, 4) is 0 Å². The Morgan fingerprint density at radius 3 is 2.29 bits per heavy atom. The number of nitrogens with zero attached hydrogens (tertiary/aromatic N) is 3. The van der Waals surface area contributed by atoms with Gasteiger partial charge in [-0.25, -0.2) is 4.90 Å². The Kier molecular flexibility index (Phi) is 3.71. The zero-order valence-corrected chi connectivity index (χ0v) is 13.8. The molecule has 1 aromatic heterocycles. The SMILES string of the molecule is Cc1cc(N2C(=O)[C@H]3CCCC[C@H]3C2=O)nn1Cc1ccccc1. The highest BCUT2D eigenvalue weighted by Gasteiger charge is 2.49. The Morgan fingerprint density at radius 2 is 1.67 bits per heavy atom. The Balaban J connectivity index is 1.62. The minimum Gasteiger partial charge on any atom is -0.274 e. The summed E-state index contributed by atoms with van der Waals surface area (Å²) in [5.41, 5.74) is 2.09. The molecule has 2 aliphatic rings. The van der Waals surface area contributed by atoms with Crippen molar-refractivity contribution in [1.29, 1.82) is 0 Å².